The van der Waals surface area contributed by atoms with E-state index in [1.165, 1.54) is 32.1 Å². The third-order valence-electron chi connectivity index (χ3n) is 2.31. The summed E-state index contributed by atoms with van der Waals surface area (Å²) in [5, 5.41) is 0. The van der Waals surface area contributed by atoms with E-state index in [0.29, 0.717) is 0 Å². The van der Waals surface area contributed by atoms with Crippen LogP contribution in [-0.2, 0) is 18.5 Å². The monoisotopic (exact) mass is 368 g/mol. The van der Waals surface area contributed by atoms with Gasteiger partial charge in [0.15, 0.2) is 0 Å². The van der Waals surface area contributed by atoms with Gasteiger partial charge in [-0.05, 0) is 37.7 Å². The third-order valence-corrected chi connectivity index (χ3v) is 2.31. The molecule has 0 nitrogen and oxygen atoms in total. The summed E-state index contributed by atoms with van der Waals surface area (Å²) in [4.78, 5) is 0. The number of halogens is 2. The van der Waals surface area contributed by atoms with Crippen molar-refractivity contribution in [3.63, 3.8) is 0 Å². The number of allylic oxidation sites excluding steroid dienone is 4. The van der Waals surface area contributed by atoms with Crippen molar-refractivity contribution >= 4 is 24.4 Å². The van der Waals surface area contributed by atoms with Crippen LogP contribution in [0.2, 0.25) is 0 Å². The fourth-order valence-electron chi connectivity index (χ4n) is 1.77. The fraction of sp³-hybridized carbons (Fsp3) is 0.556. The first-order chi connectivity index (χ1) is 5.88. The van der Waals surface area contributed by atoms with Crippen LogP contribution in [0.3, 0.4) is 0 Å². The molecule has 0 radical (unpaired) electrons. The van der Waals surface area contributed by atoms with Crippen LogP contribution in [-0.4, -0.2) is 0 Å². The molecule has 66 valence electrons. The molecular weight excluding hydrogens is 359 g/mol. The van der Waals surface area contributed by atoms with E-state index >= 15 is 0 Å². The maximum absolute atomic E-state index is 3.23. The van der Waals surface area contributed by atoms with Crippen molar-refractivity contribution < 1.29 is 18.5 Å². The second-order valence-corrected chi connectivity index (χ2v) is 14.4. The Labute approximate surface area is 97.3 Å². The number of hydrogen-bond acceptors (Lipinski definition) is 0. The van der Waals surface area contributed by atoms with E-state index < -0.39 is 0 Å². The molecular formula is C9H12Br2Zr. The van der Waals surface area contributed by atoms with Crippen molar-refractivity contribution in [1.82, 2.24) is 0 Å². The van der Waals surface area contributed by atoms with Gasteiger partial charge in [0.25, 0.3) is 0 Å². The normalized spacial score (nSPS) is 19.8. The van der Waals surface area contributed by atoms with Crippen LogP contribution in [0.25, 0.3) is 0 Å². The summed E-state index contributed by atoms with van der Waals surface area (Å²) in [5.41, 5.74) is 3.38. The van der Waals surface area contributed by atoms with Crippen LogP contribution in [0.4, 0.5) is 0 Å². The second kappa shape index (κ2) is 6.73. The van der Waals surface area contributed by atoms with Gasteiger partial charge in [-0.3, -0.25) is 0 Å². The predicted octanol–water partition coefficient (Wildman–Crippen LogP) is 4.51. The molecule has 0 bridgehead atoms. The summed E-state index contributed by atoms with van der Waals surface area (Å²) in [6.45, 7) is 0. The zero-order valence-electron chi connectivity index (χ0n) is 6.95. The molecule has 12 heavy (non-hydrogen) atoms. The summed E-state index contributed by atoms with van der Waals surface area (Å²) in [5.74, 6) is 0. The minimum absolute atomic E-state index is 0.145. The van der Waals surface area contributed by atoms with Gasteiger partial charge in [0.05, 0.1) is 0 Å². The molecule has 3 heteroatoms. The average Bonchev–Trinajstić information content (AvgIpc) is 2.52. The third kappa shape index (κ3) is 3.59. The Kier molecular flexibility index (Phi) is 6.39. The van der Waals surface area contributed by atoms with E-state index in [2.05, 4.69) is 36.6 Å². The van der Waals surface area contributed by atoms with E-state index in [9.17, 15) is 0 Å². The van der Waals surface area contributed by atoms with Crippen LogP contribution < -0.4 is 0 Å². The maximum atomic E-state index is 3.23. The summed E-state index contributed by atoms with van der Waals surface area (Å²) in [6, 6.07) is 0. The Bertz CT molecular complexity index is 197. The average molecular weight is 371 g/mol. The first-order valence-electron chi connectivity index (χ1n) is 4.22. The van der Waals surface area contributed by atoms with E-state index in [-0.39, 0.29) is 18.5 Å². The molecule has 2 aliphatic carbocycles. The minimum atomic E-state index is -0.145. The van der Waals surface area contributed by atoms with E-state index in [0.717, 1.165) is 0 Å². The van der Waals surface area contributed by atoms with E-state index in [4.69, 9.17) is 0 Å². The van der Waals surface area contributed by atoms with Crippen LogP contribution in [0, 0.1) is 0 Å². The van der Waals surface area contributed by atoms with Crippen LogP contribution in [0.15, 0.2) is 23.3 Å². The van der Waals surface area contributed by atoms with Crippen LogP contribution >= 0.6 is 24.4 Å². The van der Waals surface area contributed by atoms with Crippen molar-refractivity contribution in [2.45, 2.75) is 32.1 Å². The molecule has 0 aromatic rings. The van der Waals surface area contributed by atoms with Gasteiger partial charge in [-0.15, -0.1) is 0 Å². The molecule has 0 heterocycles. The molecule has 0 aliphatic heterocycles. The molecule has 0 amide bonds. The topological polar surface area (TPSA) is 0 Å². The molecule has 0 atom stereocenters. The number of hydrogen-bond donors (Lipinski definition) is 0. The summed E-state index contributed by atoms with van der Waals surface area (Å²) in [6.07, 6.45) is 11.5. The van der Waals surface area contributed by atoms with Gasteiger partial charge in [0.1, 0.15) is 0 Å². The Hall–Kier alpha value is 1.32. The van der Waals surface area contributed by atoms with Gasteiger partial charge in [-0.2, -0.15) is 0 Å². The standard InChI is InChI=1S/C9H12.2BrH.Zr/c1-2-5-9-7-3-6-8(9)4-1;;;/h3,6H,1-2,4-5,7H2;2*1H;/q;;;+2/p-2. The zero-order chi connectivity index (χ0) is 8.81. The van der Waals surface area contributed by atoms with Gasteiger partial charge >= 0.3 is 43.0 Å². The SMILES string of the molecule is C1=CC2=C(C1)CCCC2.[Br][Zr][Br]. The molecule has 0 unspecified atom stereocenters. The Morgan fingerprint density at radius 3 is 2.50 bits per heavy atom. The van der Waals surface area contributed by atoms with Gasteiger partial charge in [0, 0.05) is 0 Å². The van der Waals surface area contributed by atoms with Crippen molar-refractivity contribution in [2.24, 2.45) is 0 Å². The van der Waals surface area contributed by atoms with E-state index in [1.54, 1.807) is 11.1 Å². The van der Waals surface area contributed by atoms with Crippen molar-refractivity contribution in [1.29, 1.82) is 0 Å². The van der Waals surface area contributed by atoms with E-state index in [1.807, 2.05) is 0 Å². The van der Waals surface area contributed by atoms with Crippen molar-refractivity contribution in [2.75, 3.05) is 0 Å². The first-order valence-corrected chi connectivity index (χ1v) is 15.5. The first kappa shape index (κ1) is 11.4. The molecule has 2 rings (SSSR count). The van der Waals surface area contributed by atoms with Crippen LogP contribution in [0.5, 0.6) is 0 Å². The fourth-order valence-corrected chi connectivity index (χ4v) is 1.77. The Morgan fingerprint density at radius 1 is 1.17 bits per heavy atom. The Balaban J connectivity index is 0.000000213. The van der Waals surface area contributed by atoms with Crippen LogP contribution in [0.1, 0.15) is 32.1 Å². The summed E-state index contributed by atoms with van der Waals surface area (Å²) < 4.78 is 0. The van der Waals surface area contributed by atoms with Crippen molar-refractivity contribution in [3.05, 3.63) is 23.3 Å². The molecule has 0 saturated heterocycles. The van der Waals surface area contributed by atoms with Crippen molar-refractivity contribution in [3.8, 4) is 0 Å². The van der Waals surface area contributed by atoms with Gasteiger partial charge in [-0.1, -0.05) is 17.7 Å². The molecule has 2 aliphatic rings. The summed E-state index contributed by atoms with van der Waals surface area (Å²) >= 11 is 6.32. The van der Waals surface area contributed by atoms with Gasteiger partial charge < -0.3 is 0 Å². The predicted molar refractivity (Wildman–Crippen MR) is 57.1 cm³/mol. The zero-order valence-corrected chi connectivity index (χ0v) is 12.6. The van der Waals surface area contributed by atoms with Gasteiger partial charge in [0.2, 0.25) is 0 Å². The Morgan fingerprint density at radius 2 is 1.83 bits per heavy atom. The quantitative estimate of drug-likeness (QED) is 0.588. The molecule has 0 N–H and O–H groups in total. The summed E-state index contributed by atoms with van der Waals surface area (Å²) in [7, 11) is 0. The molecule has 0 aromatic heterocycles. The molecule has 0 spiro atoms. The number of rotatable bonds is 0. The van der Waals surface area contributed by atoms with Gasteiger partial charge in [-0.25, -0.2) is 0 Å². The molecule has 0 saturated carbocycles. The molecule has 0 fully saturated rings. The second-order valence-electron chi connectivity index (χ2n) is 3.01. The molecule has 0 aromatic carbocycles.